The maximum absolute atomic E-state index is 5.64. The zero-order valence-corrected chi connectivity index (χ0v) is 8.28. The Labute approximate surface area is 86.2 Å². The van der Waals surface area contributed by atoms with Crippen LogP contribution in [0.4, 0.5) is 0 Å². The van der Waals surface area contributed by atoms with E-state index in [2.05, 4.69) is 5.16 Å². The molecule has 0 N–H and O–H groups in total. The summed E-state index contributed by atoms with van der Waals surface area (Å²) in [5, 5.41) is 4.08. The monoisotopic (exact) mass is 209 g/mol. The van der Waals surface area contributed by atoms with Crippen LogP contribution in [0.1, 0.15) is 0 Å². The largest absolute Gasteiger partial charge is 0.496 e. The topological polar surface area (TPSA) is 35.3 Å². The first-order valence-corrected chi connectivity index (χ1v) is 4.44. The van der Waals surface area contributed by atoms with Gasteiger partial charge >= 0.3 is 0 Å². The van der Waals surface area contributed by atoms with Crippen LogP contribution in [0.25, 0.3) is 11.3 Å². The molecule has 1 aromatic heterocycles. The standard InChI is InChI=1S/C10H8ClNO2/c1-13-9-5-3-2-4-7(9)8-6-10(11)14-12-8/h2-6H,1H3. The zero-order valence-electron chi connectivity index (χ0n) is 7.53. The van der Waals surface area contributed by atoms with Gasteiger partial charge < -0.3 is 9.26 Å². The van der Waals surface area contributed by atoms with E-state index in [4.69, 9.17) is 20.9 Å². The molecule has 3 nitrogen and oxygen atoms in total. The minimum absolute atomic E-state index is 0.269. The summed E-state index contributed by atoms with van der Waals surface area (Å²) in [6, 6.07) is 9.20. The Morgan fingerprint density at radius 2 is 2.14 bits per heavy atom. The molecule has 0 amide bonds. The van der Waals surface area contributed by atoms with Gasteiger partial charge in [-0.25, -0.2) is 0 Å². The molecule has 0 aliphatic heterocycles. The molecular weight excluding hydrogens is 202 g/mol. The van der Waals surface area contributed by atoms with E-state index >= 15 is 0 Å². The molecule has 0 saturated carbocycles. The molecule has 72 valence electrons. The third-order valence-electron chi connectivity index (χ3n) is 1.86. The van der Waals surface area contributed by atoms with Crippen LogP contribution in [0.5, 0.6) is 5.75 Å². The molecule has 4 heteroatoms. The number of benzene rings is 1. The predicted molar refractivity (Wildman–Crippen MR) is 53.5 cm³/mol. The fourth-order valence-corrected chi connectivity index (χ4v) is 1.37. The van der Waals surface area contributed by atoms with E-state index < -0.39 is 0 Å². The summed E-state index contributed by atoms with van der Waals surface area (Å²) in [7, 11) is 1.61. The number of hydrogen-bond donors (Lipinski definition) is 0. The van der Waals surface area contributed by atoms with Crippen molar-refractivity contribution < 1.29 is 9.26 Å². The minimum atomic E-state index is 0.269. The van der Waals surface area contributed by atoms with Crippen molar-refractivity contribution in [1.29, 1.82) is 0 Å². The average molecular weight is 210 g/mol. The lowest BCUT2D eigenvalue weighted by atomic mass is 10.1. The number of para-hydroxylation sites is 1. The first-order valence-electron chi connectivity index (χ1n) is 4.07. The fourth-order valence-electron chi connectivity index (χ4n) is 1.24. The number of aromatic nitrogens is 1. The van der Waals surface area contributed by atoms with E-state index in [0.29, 0.717) is 5.69 Å². The third-order valence-corrected chi connectivity index (χ3v) is 2.04. The van der Waals surface area contributed by atoms with Gasteiger partial charge in [-0.15, -0.1) is 0 Å². The quantitative estimate of drug-likeness (QED) is 0.763. The van der Waals surface area contributed by atoms with Gasteiger partial charge in [0, 0.05) is 11.6 Å². The Balaban J connectivity index is 2.50. The van der Waals surface area contributed by atoms with Gasteiger partial charge in [-0.1, -0.05) is 17.3 Å². The van der Waals surface area contributed by atoms with Crippen molar-refractivity contribution in [3.05, 3.63) is 35.6 Å². The van der Waals surface area contributed by atoms with Crippen LogP contribution in [0.15, 0.2) is 34.9 Å². The second-order valence-corrected chi connectivity index (χ2v) is 3.09. The van der Waals surface area contributed by atoms with E-state index in [1.807, 2.05) is 24.3 Å². The molecule has 0 saturated heterocycles. The maximum atomic E-state index is 5.64. The molecule has 1 heterocycles. The Morgan fingerprint density at radius 3 is 2.79 bits per heavy atom. The molecule has 0 aliphatic carbocycles. The Morgan fingerprint density at radius 1 is 1.36 bits per heavy atom. The molecule has 2 aromatic rings. The first-order chi connectivity index (χ1) is 6.81. The van der Waals surface area contributed by atoms with Crippen molar-refractivity contribution in [2.24, 2.45) is 0 Å². The molecule has 0 fully saturated rings. The van der Waals surface area contributed by atoms with Crippen LogP contribution in [-0.4, -0.2) is 12.3 Å². The molecule has 0 spiro atoms. The second-order valence-electron chi connectivity index (χ2n) is 2.72. The van der Waals surface area contributed by atoms with Crippen molar-refractivity contribution in [3.8, 4) is 17.0 Å². The van der Waals surface area contributed by atoms with Gasteiger partial charge in [0.15, 0.2) is 0 Å². The number of ether oxygens (including phenoxy) is 1. The van der Waals surface area contributed by atoms with Crippen LogP contribution in [0.3, 0.4) is 0 Å². The van der Waals surface area contributed by atoms with E-state index in [1.54, 1.807) is 13.2 Å². The number of rotatable bonds is 2. The van der Waals surface area contributed by atoms with E-state index in [0.717, 1.165) is 11.3 Å². The van der Waals surface area contributed by atoms with Crippen LogP contribution in [0.2, 0.25) is 5.22 Å². The summed E-state index contributed by atoms with van der Waals surface area (Å²) in [4.78, 5) is 0. The van der Waals surface area contributed by atoms with Crippen molar-refractivity contribution >= 4 is 11.6 Å². The summed E-state index contributed by atoms with van der Waals surface area (Å²) in [6.07, 6.45) is 0. The molecule has 2 rings (SSSR count). The summed E-state index contributed by atoms with van der Waals surface area (Å²) in [6.45, 7) is 0. The van der Waals surface area contributed by atoms with Gasteiger partial charge in [-0.2, -0.15) is 0 Å². The molecule has 0 bridgehead atoms. The van der Waals surface area contributed by atoms with Crippen molar-refractivity contribution in [1.82, 2.24) is 5.16 Å². The van der Waals surface area contributed by atoms with E-state index in [9.17, 15) is 0 Å². The van der Waals surface area contributed by atoms with Gasteiger partial charge in [0.1, 0.15) is 11.4 Å². The normalized spacial score (nSPS) is 10.1. The van der Waals surface area contributed by atoms with Crippen molar-refractivity contribution in [3.63, 3.8) is 0 Å². The molecule has 0 atom stereocenters. The summed E-state index contributed by atoms with van der Waals surface area (Å²) >= 11 is 5.64. The van der Waals surface area contributed by atoms with Crippen molar-refractivity contribution in [2.75, 3.05) is 7.11 Å². The Hall–Kier alpha value is -1.48. The van der Waals surface area contributed by atoms with Gasteiger partial charge in [-0.3, -0.25) is 0 Å². The minimum Gasteiger partial charge on any atom is -0.496 e. The number of hydrogen-bond acceptors (Lipinski definition) is 3. The summed E-state index contributed by atoms with van der Waals surface area (Å²) < 4.78 is 9.96. The Kier molecular flexibility index (Phi) is 2.41. The lowest BCUT2D eigenvalue weighted by Gasteiger charge is -2.03. The van der Waals surface area contributed by atoms with Gasteiger partial charge in [-0.05, 0) is 23.7 Å². The van der Waals surface area contributed by atoms with Gasteiger partial charge in [0.05, 0.1) is 7.11 Å². The molecule has 0 radical (unpaired) electrons. The highest BCUT2D eigenvalue weighted by molar-refractivity contribution is 6.29. The second kappa shape index (κ2) is 3.72. The SMILES string of the molecule is COc1ccccc1-c1cc(Cl)on1. The molecular formula is C10H8ClNO2. The van der Waals surface area contributed by atoms with Crippen LogP contribution >= 0.6 is 11.6 Å². The smallest absolute Gasteiger partial charge is 0.226 e. The molecule has 0 aliphatic rings. The lowest BCUT2D eigenvalue weighted by molar-refractivity contribution is 0.411. The third kappa shape index (κ3) is 1.59. The van der Waals surface area contributed by atoms with E-state index in [1.165, 1.54) is 0 Å². The summed E-state index contributed by atoms with van der Waals surface area (Å²) in [5.74, 6) is 0.748. The maximum Gasteiger partial charge on any atom is 0.226 e. The fraction of sp³-hybridized carbons (Fsp3) is 0.100. The Bertz CT molecular complexity index is 439. The average Bonchev–Trinajstić information content (AvgIpc) is 2.65. The number of halogens is 1. The molecule has 1 aromatic carbocycles. The summed E-state index contributed by atoms with van der Waals surface area (Å²) in [5.41, 5.74) is 1.54. The predicted octanol–water partition coefficient (Wildman–Crippen LogP) is 3.00. The zero-order chi connectivity index (χ0) is 9.97. The van der Waals surface area contributed by atoms with Crippen LogP contribution < -0.4 is 4.74 Å². The molecule has 0 unspecified atom stereocenters. The van der Waals surface area contributed by atoms with Gasteiger partial charge in [0.2, 0.25) is 5.22 Å². The first kappa shape index (κ1) is 9.09. The highest BCUT2D eigenvalue weighted by Crippen LogP contribution is 2.29. The van der Waals surface area contributed by atoms with Crippen LogP contribution in [0, 0.1) is 0 Å². The number of nitrogens with zero attached hydrogens (tertiary/aromatic N) is 1. The van der Waals surface area contributed by atoms with E-state index in [-0.39, 0.29) is 5.22 Å². The lowest BCUT2D eigenvalue weighted by Crippen LogP contribution is -1.86. The highest BCUT2D eigenvalue weighted by atomic mass is 35.5. The van der Waals surface area contributed by atoms with Crippen molar-refractivity contribution in [2.45, 2.75) is 0 Å². The highest BCUT2D eigenvalue weighted by Gasteiger charge is 2.09. The molecule has 14 heavy (non-hydrogen) atoms. The van der Waals surface area contributed by atoms with Crippen LogP contribution in [-0.2, 0) is 0 Å². The number of methoxy groups -OCH3 is 1. The van der Waals surface area contributed by atoms with Gasteiger partial charge in [0.25, 0.3) is 0 Å².